The Balaban J connectivity index is 2.07. The molecule has 1 saturated carbocycles. The van der Waals surface area contributed by atoms with Gasteiger partial charge in [0.05, 0.1) is 6.04 Å². The maximum absolute atomic E-state index is 4.49. The maximum Gasteiger partial charge on any atom is 0.0572 e. The molecule has 0 amide bonds. The van der Waals surface area contributed by atoms with E-state index in [1.807, 2.05) is 6.21 Å². The summed E-state index contributed by atoms with van der Waals surface area (Å²) < 4.78 is 0.859. The van der Waals surface area contributed by atoms with Crippen molar-refractivity contribution >= 4 is 28.8 Å². The van der Waals surface area contributed by atoms with Crippen molar-refractivity contribution in [3.8, 4) is 0 Å². The average Bonchev–Trinajstić information content (AvgIpc) is 2.04. The van der Waals surface area contributed by atoms with Crippen LogP contribution in [0.15, 0.2) is 17.1 Å². The van der Waals surface area contributed by atoms with Gasteiger partial charge in [0.25, 0.3) is 0 Å². The molecule has 1 heterocycles. The SMILES string of the molecule is IC1CC[C@@H]2C=CC=NC2C1. The summed E-state index contributed by atoms with van der Waals surface area (Å²) in [6.07, 6.45) is 10.4. The smallest absolute Gasteiger partial charge is 0.0572 e. The van der Waals surface area contributed by atoms with Crippen molar-refractivity contribution in [2.45, 2.75) is 29.2 Å². The molecule has 2 rings (SSSR count). The van der Waals surface area contributed by atoms with Gasteiger partial charge < -0.3 is 0 Å². The van der Waals surface area contributed by atoms with E-state index in [1.54, 1.807) is 0 Å². The number of dihydropyridines is 1. The molecule has 0 bridgehead atoms. The summed E-state index contributed by atoms with van der Waals surface area (Å²) in [5.74, 6) is 0.756. The van der Waals surface area contributed by atoms with Crippen molar-refractivity contribution in [3.63, 3.8) is 0 Å². The first-order valence-electron chi connectivity index (χ1n) is 4.20. The van der Waals surface area contributed by atoms with Crippen LogP contribution < -0.4 is 0 Å². The molecule has 0 aromatic heterocycles. The van der Waals surface area contributed by atoms with E-state index in [9.17, 15) is 0 Å². The second-order valence-corrected chi connectivity index (χ2v) is 5.09. The van der Waals surface area contributed by atoms with Crippen LogP contribution in [0.3, 0.4) is 0 Å². The second kappa shape index (κ2) is 3.25. The minimum atomic E-state index is 0.607. The van der Waals surface area contributed by atoms with Crippen molar-refractivity contribution < 1.29 is 0 Å². The average molecular weight is 261 g/mol. The molecule has 0 saturated heterocycles. The summed E-state index contributed by atoms with van der Waals surface area (Å²) >= 11 is 2.55. The third-order valence-electron chi connectivity index (χ3n) is 2.53. The van der Waals surface area contributed by atoms with Crippen molar-refractivity contribution in [3.05, 3.63) is 12.2 Å². The lowest BCUT2D eigenvalue weighted by atomic mass is 9.84. The molecule has 1 fully saturated rings. The van der Waals surface area contributed by atoms with Crippen LogP contribution in [0.5, 0.6) is 0 Å². The molecule has 0 aromatic rings. The van der Waals surface area contributed by atoms with Gasteiger partial charge in [0.15, 0.2) is 0 Å². The number of nitrogens with zero attached hydrogens (tertiary/aromatic N) is 1. The number of hydrogen-bond acceptors (Lipinski definition) is 1. The minimum Gasteiger partial charge on any atom is -0.289 e. The number of aliphatic imine (C=N–C) groups is 1. The highest BCUT2D eigenvalue weighted by molar-refractivity contribution is 14.1. The molecule has 3 atom stereocenters. The zero-order chi connectivity index (χ0) is 7.68. The van der Waals surface area contributed by atoms with Gasteiger partial charge in [-0.3, -0.25) is 4.99 Å². The van der Waals surface area contributed by atoms with Gasteiger partial charge in [-0.15, -0.1) is 0 Å². The zero-order valence-electron chi connectivity index (χ0n) is 6.41. The lowest BCUT2D eigenvalue weighted by Gasteiger charge is -2.30. The molecule has 0 N–H and O–H groups in total. The fourth-order valence-electron chi connectivity index (χ4n) is 1.87. The lowest BCUT2D eigenvalue weighted by Crippen LogP contribution is -2.28. The van der Waals surface area contributed by atoms with Gasteiger partial charge in [-0.25, -0.2) is 0 Å². The molecule has 11 heavy (non-hydrogen) atoms. The molecular formula is C9H12IN. The van der Waals surface area contributed by atoms with Crippen molar-refractivity contribution in [2.24, 2.45) is 10.9 Å². The normalized spacial score (nSPS) is 42.1. The van der Waals surface area contributed by atoms with Crippen LogP contribution in [0.2, 0.25) is 0 Å². The van der Waals surface area contributed by atoms with E-state index in [4.69, 9.17) is 0 Å². The summed E-state index contributed by atoms with van der Waals surface area (Å²) in [4.78, 5) is 4.49. The van der Waals surface area contributed by atoms with E-state index in [2.05, 4.69) is 39.7 Å². The highest BCUT2D eigenvalue weighted by Gasteiger charge is 2.27. The molecule has 0 radical (unpaired) electrons. The van der Waals surface area contributed by atoms with Gasteiger partial charge in [0, 0.05) is 10.1 Å². The Labute approximate surface area is 81.1 Å². The Morgan fingerprint density at radius 2 is 2.27 bits per heavy atom. The molecule has 0 aromatic carbocycles. The monoisotopic (exact) mass is 261 g/mol. The highest BCUT2D eigenvalue weighted by atomic mass is 127. The van der Waals surface area contributed by atoms with Crippen LogP contribution in [0, 0.1) is 5.92 Å². The van der Waals surface area contributed by atoms with E-state index in [0.29, 0.717) is 6.04 Å². The summed E-state index contributed by atoms with van der Waals surface area (Å²) in [5, 5.41) is 0. The van der Waals surface area contributed by atoms with Crippen LogP contribution in [-0.2, 0) is 0 Å². The van der Waals surface area contributed by atoms with Gasteiger partial charge in [-0.2, -0.15) is 0 Å². The summed E-state index contributed by atoms with van der Waals surface area (Å²) in [7, 11) is 0. The first-order chi connectivity index (χ1) is 5.36. The fourth-order valence-corrected chi connectivity index (χ4v) is 2.75. The zero-order valence-corrected chi connectivity index (χ0v) is 8.57. The first-order valence-corrected chi connectivity index (χ1v) is 5.45. The Morgan fingerprint density at radius 1 is 1.36 bits per heavy atom. The van der Waals surface area contributed by atoms with Crippen LogP contribution in [0.4, 0.5) is 0 Å². The van der Waals surface area contributed by atoms with Crippen LogP contribution in [0.1, 0.15) is 19.3 Å². The minimum absolute atomic E-state index is 0.607. The number of hydrogen-bond donors (Lipinski definition) is 0. The van der Waals surface area contributed by atoms with Gasteiger partial charge in [-0.1, -0.05) is 28.7 Å². The molecule has 0 spiro atoms. The quantitative estimate of drug-likeness (QED) is 0.469. The van der Waals surface area contributed by atoms with Crippen molar-refractivity contribution in [1.29, 1.82) is 0 Å². The Morgan fingerprint density at radius 3 is 3.18 bits per heavy atom. The van der Waals surface area contributed by atoms with Crippen LogP contribution >= 0.6 is 22.6 Å². The maximum atomic E-state index is 4.49. The molecular weight excluding hydrogens is 249 g/mol. The topological polar surface area (TPSA) is 12.4 Å². The van der Waals surface area contributed by atoms with Gasteiger partial charge in [-0.05, 0) is 31.3 Å². The standard InChI is InChI=1S/C9H12IN/c10-8-4-3-7-2-1-5-11-9(7)6-8/h1-2,5,7-9H,3-4,6H2/t7-,8?,9?/m0/s1. The van der Waals surface area contributed by atoms with Crippen LogP contribution in [0.25, 0.3) is 0 Å². The Bertz CT molecular complexity index is 198. The largest absolute Gasteiger partial charge is 0.289 e. The number of allylic oxidation sites excluding steroid dienone is 1. The van der Waals surface area contributed by atoms with Gasteiger partial charge in [0.1, 0.15) is 0 Å². The van der Waals surface area contributed by atoms with Crippen LogP contribution in [-0.4, -0.2) is 16.2 Å². The van der Waals surface area contributed by atoms with Crippen molar-refractivity contribution in [1.82, 2.24) is 0 Å². The van der Waals surface area contributed by atoms with E-state index >= 15 is 0 Å². The number of rotatable bonds is 0. The molecule has 60 valence electrons. The van der Waals surface area contributed by atoms with E-state index < -0.39 is 0 Å². The predicted molar refractivity (Wildman–Crippen MR) is 56.6 cm³/mol. The van der Waals surface area contributed by atoms with E-state index in [-0.39, 0.29) is 0 Å². The van der Waals surface area contributed by atoms with Crippen molar-refractivity contribution in [2.75, 3.05) is 0 Å². The molecule has 2 unspecified atom stereocenters. The van der Waals surface area contributed by atoms with Gasteiger partial charge in [0.2, 0.25) is 0 Å². The van der Waals surface area contributed by atoms with Gasteiger partial charge >= 0.3 is 0 Å². The highest BCUT2D eigenvalue weighted by Crippen LogP contribution is 2.33. The Kier molecular flexibility index (Phi) is 2.30. The second-order valence-electron chi connectivity index (χ2n) is 3.32. The molecule has 2 aliphatic rings. The number of alkyl halides is 1. The summed E-state index contributed by atoms with van der Waals surface area (Å²) in [5.41, 5.74) is 0. The molecule has 1 aliphatic heterocycles. The van der Waals surface area contributed by atoms with E-state index in [0.717, 1.165) is 9.84 Å². The molecule has 1 aliphatic carbocycles. The number of fused-ring (bicyclic) bond motifs is 1. The molecule has 1 nitrogen and oxygen atoms in total. The summed E-state index contributed by atoms with van der Waals surface area (Å²) in [6, 6.07) is 0.607. The summed E-state index contributed by atoms with van der Waals surface area (Å²) in [6.45, 7) is 0. The molecule has 2 heteroatoms. The predicted octanol–water partition coefficient (Wildman–Crippen LogP) is 2.60. The fraction of sp³-hybridized carbons (Fsp3) is 0.667. The van der Waals surface area contributed by atoms with E-state index in [1.165, 1.54) is 19.3 Å². The third kappa shape index (κ3) is 1.66. The lowest BCUT2D eigenvalue weighted by molar-refractivity contribution is 0.377. The first kappa shape index (κ1) is 7.77. The number of halogens is 1. The third-order valence-corrected chi connectivity index (χ3v) is 3.66. The Hall–Kier alpha value is 0.140.